The number of benzene rings is 1. The lowest BCUT2D eigenvalue weighted by Gasteiger charge is -2.45. The molecule has 3 aliphatic heterocycles. The van der Waals surface area contributed by atoms with Crippen LogP contribution in [0.4, 0.5) is 5.69 Å². The second-order valence-corrected chi connectivity index (χ2v) is 7.47. The maximum absolute atomic E-state index is 10.6. The molecule has 1 aromatic carbocycles. The molecule has 1 saturated heterocycles. The molecule has 4 rings (SSSR count). The van der Waals surface area contributed by atoms with Crippen molar-refractivity contribution in [2.45, 2.75) is 50.2 Å². The van der Waals surface area contributed by atoms with Gasteiger partial charge in [0.25, 0.3) is 0 Å². The largest absolute Gasteiger partial charge is 0.508 e. The predicted octanol–water partition coefficient (Wildman–Crippen LogP) is 1.45. The molecule has 1 fully saturated rings. The SMILES string of the molecule is OCC(O)C(C1CCN2CCCc3c(O)ccc1c32)N1CCCC1. The normalized spacial score (nSPS) is 26.2. The van der Waals surface area contributed by atoms with E-state index in [1.807, 2.05) is 12.1 Å². The highest BCUT2D eigenvalue weighted by Gasteiger charge is 2.40. The summed E-state index contributed by atoms with van der Waals surface area (Å²) in [6.07, 6.45) is 4.63. The lowest BCUT2D eigenvalue weighted by molar-refractivity contribution is 0.00585. The smallest absolute Gasteiger partial charge is 0.120 e. The highest BCUT2D eigenvalue weighted by Crippen LogP contribution is 2.46. The fraction of sp³-hybridized carbons (Fsp3) is 0.684. The highest BCUT2D eigenvalue weighted by atomic mass is 16.3. The Morgan fingerprint density at radius 2 is 1.88 bits per heavy atom. The fourth-order valence-electron chi connectivity index (χ4n) is 5.06. The first-order valence-electron chi connectivity index (χ1n) is 9.33. The van der Waals surface area contributed by atoms with Gasteiger partial charge < -0.3 is 20.2 Å². The third-order valence-electron chi connectivity index (χ3n) is 6.13. The number of hydrogen-bond acceptors (Lipinski definition) is 5. The van der Waals surface area contributed by atoms with E-state index in [2.05, 4.69) is 9.80 Å². The van der Waals surface area contributed by atoms with Gasteiger partial charge in [-0.3, -0.25) is 4.90 Å². The van der Waals surface area contributed by atoms with Crippen molar-refractivity contribution < 1.29 is 15.3 Å². The van der Waals surface area contributed by atoms with Gasteiger partial charge in [0, 0.05) is 36.3 Å². The van der Waals surface area contributed by atoms with E-state index in [9.17, 15) is 15.3 Å². The van der Waals surface area contributed by atoms with Gasteiger partial charge >= 0.3 is 0 Å². The molecule has 0 bridgehead atoms. The molecule has 0 spiro atoms. The van der Waals surface area contributed by atoms with Crippen LogP contribution in [0.1, 0.15) is 42.7 Å². The molecule has 0 radical (unpaired) electrons. The first-order chi connectivity index (χ1) is 11.7. The molecule has 0 aliphatic carbocycles. The van der Waals surface area contributed by atoms with E-state index in [1.54, 1.807) is 0 Å². The minimum atomic E-state index is -0.715. The van der Waals surface area contributed by atoms with Crippen molar-refractivity contribution >= 4 is 5.69 Å². The second kappa shape index (κ2) is 6.54. The van der Waals surface area contributed by atoms with Crippen LogP contribution in [0.25, 0.3) is 0 Å². The van der Waals surface area contributed by atoms with Crippen LogP contribution >= 0.6 is 0 Å². The monoisotopic (exact) mass is 332 g/mol. The highest BCUT2D eigenvalue weighted by molar-refractivity contribution is 5.68. The zero-order valence-corrected chi connectivity index (χ0v) is 14.2. The summed E-state index contributed by atoms with van der Waals surface area (Å²) in [7, 11) is 0. The Kier molecular flexibility index (Phi) is 4.41. The number of anilines is 1. The summed E-state index contributed by atoms with van der Waals surface area (Å²) in [5.74, 6) is 0.619. The molecule has 0 saturated carbocycles. The molecule has 5 heteroatoms. The van der Waals surface area contributed by atoms with E-state index in [0.29, 0.717) is 5.75 Å². The Morgan fingerprint density at radius 3 is 2.62 bits per heavy atom. The predicted molar refractivity (Wildman–Crippen MR) is 93.7 cm³/mol. The molecule has 0 aromatic heterocycles. The van der Waals surface area contributed by atoms with Crippen molar-refractivity contribution in [3.05, 3.63) is 23.3 Å². The van der Waals surface area contributed by atoms with Crippen molar-refractivity contribution in [3.63, 3.8) is 0 Å². The zero-order chi connectivity index (χ0) is 16.7. The van der Waals surface area contributed by atoms with Crippen LogP contribution in [0.3, 0.4) is 0 Å². The van der Waals surface area contributed by atoms with E-state index >= 15 is 0 Å². The van der Waals surface area contributed by atoms with Gasteiger partial charge in [-0.15, -0.1) is 0 Å². The number of hydrogen-bond donors (Lipinski definition) is 3. The van der Waals surface area contributed by atoms with E-state index < -0.39 is 6.10 Å². The number of phenolic OH excluding ortho intramolecular Hbond substituents is 1. The molecule has 24 heavy (non-hydrogen) atoms. The molecule has 3 heterocycles. The molecule has 3 N–H and O–H groups in total. The molecule has 3 unspecified atom stereocenters. The number of rotatable bonds is 4. The van der Waals surface area contributed by atoms with Gasteiger partial charge in [0.15, 0.2) is 0 Å². The topological polar surface area (TPSA) is 67.2 Å². The van der Waals surface area contributed by atoms with E-state index in [1.165, 1.54) is 24.1 Å². The van der Waals surface area contributed by atoms with Crippen molar-refractivity contribution in [1.82, 2.24) is 4.90 Å². The Morgan fingerprint density at radius 1 is 1.08 bits per heavy atom. The molecule has 1 aromatic rings. The first-order valence-corrected chi connectivity index (χ1v) is 9.33. The molecular formula is C19H28N2O3. The van der Waals surface area contributed by atoms with E-state index in [-0.39, 0.29) is 18.6 Å². The molecule has 3 atom stereocenters. The van der Waals surface area contributed by atoms with Gasteiger partial charge in [0.1, 0.15) is 5.75 Å². The van der Waals surface area contributed by atoms with Crippen LogP contribution in [0, 0.1) is 0 Å². The Hall–Kier alpha value is -1.30. The molecule has 132 valence electrons. The standard InChI is InChI=1S/C19H28N2O3/c22-12-17(24)19(20-8-1-2-9-20)14-7-11-21-10-3-4-15-16(23)6-5-13(14)18(15)21/h5-6,14,17,19,22-24H,1-4,7-12H2. The summed E-state index contributed by atoms with van der Waals surface area (Å²) < 4.78 is 0. The van der Waals surface area contributed by atoms with Crippen LogP contribution in [-0.4, -0.2) is 65.2 Å². The quantitative estimate of drug-likeness (QED) is 0.779. The van der Waals surface area contributed by atoms with Gasteiger partial charge in [-0.05, 0) is 56.8 Å². The number of aliphatic hydroxyl groups is 2. The average molecular weight is 332 g/mol. The number of aliphatic hydroxyl groups excluding tert-OH is 2. The number of phenols is 1. The molecular weight excluding hydrogens is 304 g/mol. The Labute approximate surface area is 143 Å². The van der Waals surface area contributed by atoms with E-state index in [4.69, 9.17) is 0 Å². The summed E-state index contributed by atoms with van der Waals surface area (Å²) in [5.41, 5.74) is 3.52. The lowest BCUT2D eigenvalue weighted by Crippen LogP contribution is -2.50. The van der Waals surface area contributed by atoms with Crippen molar-refractivity contribution in [1.29, 1.82) is 0 Å². The Balaban J connectivity index is 1.75. The van der Waals surface area contributed by atoms with E-state index in [0.717, 1.165) is 51.0 Å². The van der Waals surface area contributed by atoms with Gasteiger partial charge in [0.2, 0.25) is 0 Å². The summed E-state index contributed by atoms with van der Waals surface area (Å²) in [6, 6.07) is 3.83. The van der Waals surface area contributed by atoms with Gasteiger partial charge in [0.05, 0.1) is 12.7 Å². The van der Waals surface area contributed by atoms with Gasteiger partial charge in [-0.1, -0.05) is 6.07 Å². The zero-order valence-electron chi connectivity index (χ0n) is 14.2. The van der Waals surface area contributed by atoms with Crippen LogP contribution in [-0.2, 0) is 6.42 Å². The first kappa shape index (κ1) is 16.2. The fourth-order valence-corrected chi connectivity index (χ4v) is 5.06. The third-order valence-corrected chi connectivity index (χ3v) is 6.13. The number of aromatic hydroxyl groups is 1. The summed E-state index contributed by atoms with van der Waals surface area (Å²) in [6.45, 7) is 3.83. The molecule has 5 nitrogen and oxygen atoms in total. The van der Waals surface area contributed by atoms with Gasteiger partial charge in [-0.2, -0.15) is 0 Å². The maximum atomic E-state index is 10.6. The minimum Gasteiger partial charge on any atom is -0.508 e. The second-order valence-electron chi connectivity index (χ2n) is 7.47. The average Bonchev–Trinajstić information content (AvgIpc) is 3.13. The maximum Gasteiger partial charge on any atom is 0.120 e. The summed E-state index contributed by atoms with van der Waals surface area (Å²) in [5, 5.41) is 30.5. The molecule has 3 aliphatic rings. The number of likely N-dealkylation sites (tertiary alicyclic amines) is 1. The van der Waals surface area contributed by atoms with Crippen molar-refractivity contribution in [2.24, 2.45) is 0 Å². The molecule has 0 amide bonds. The minimum absolute atomic E-state index is 0.0322. The van der Waals surface area contributed by atoms with Crippen molar-refractivity contribution in [3.8, 4) is 5.75 Å². The van der Waals surface area contributed by atoms with Crippen molar-refractivity contribution in [2.75, 3.05) is 37.7 Å². The van der Waals surface area contributed by atoms with Crippen LogP contribution in [0.5, 0.6) is 5.75 Å². The van der Waals surface area contributed by atoms with Crippen LogP contribution < -0.4 is 4.90 Å². The van der Waals surface area contributed by atoms with Gasteiger partial charge in [-0.25, -0.2) is 0 Å². The lowest BCUT2D eigenvalue weighted by atomic mass is 9.78. The summed E-state index contributed by atoms with van der Waals surface area (Å²) >= 11 is 0. The van der Waals surface area contributed by atoms with Crippen LogP contribution in [0.15, 0.2) is 12.1 Å². The Bertz CT molecular complexity index is 601. The number of nitrogens with zero attached hydrogens (tertiary/aromatic N) is 2. The summed E-state index contributed by atoms with van der Waals surface area (Å²) in [4.78, 5) is 4.76. The third kappa shape index (κ3) is 2.59. The van der Waals surface area contributed by atoms with Crippen LogP contribution in [0.2, 0.25) is 0 Å².